The topological polar surface area (TPSA) is 0 Å². The van der Waals surface area contributed by atoms with Crippen LogP contribution in [0, 0.1) is 58.2 Å². The Morgan fingerprint density at radius 1 is 0.333 bits per heavy atom. The van der Waals surface area contributed by atoms with Gasteiger partial charge in [0.25, 0.3) is 0 Å². The van der Waals surface area contributed by atoms with Gasteiger partial charge in [0, 0.05) is 0 Å². The molecule has 0 heterocycles. The second-order valence-corrected chi connectivity index (χ2v) is 4.11. The van der Waals surface area contributed by atoms with Crippen LogP contribution in [0.25, 0.3) is 0 Å². The molecule has 2 rings (SSSR count). The Morgan fingerprint density at radius 2 is 0.500 bits per heavy atom. The molecule has 0 aliphatic heterocycles. The number of benzene rings is 2. The zero-order valence-corrected chi connectivity index (χ0v) is 11.6. The summed E-state index contributed by atoms with van der Waals surface area (Å²) in [5.41, 5.74) is -3.71. The molecule has 1 radical (unpaired) electrons. The van der Waals surface area contributed by atoms with E-state index in [1.54, 1.807) is 0 Å². The highest BCUT2D eigenvalue weighted by molar-refractivity contribution is 6.67. The van der Waals surface area contributed by atoms with E-state index in [9.17, 15) is 43.9 Å². The molecule has 0 bridgehead atoms. The van der Waals surface area contributed by atoms with Gasteiger partial charge in [-0.2, -0.15) is 0 Å². The first kappa shape index (κ1) is 20.1. The molecule has 2 aromatic rings. The minimum absolute atomic E-state index is 0. The molecule has 0 N–H and O–H groups in total. The van der Waals surface area contributed by atoms with E-state index in [0.717, 1.165) is 0 Å². The average molecular weight is 381 g/mol. The van der Waals surface area contributed by atoms with Crippen molar-refractivity contribution in [2.75, 3.05) is 0 Å². The van der Waals surface area contributed by atoms with Crippen molar-refractivity contribution in [3.8, 4) is 0 Å². The molecule has 0 spiro atoms. The molecule has 0 atom stereocenters. The van der Waals surface area contributed by atoms with Crippen molar-refractivity contribution in [2.24, 2.45) is 0 Å². The van der Waals surface area contributed by atoms with Crippen molar-refractivity contribution >= 4 is 30.6 Å². The lowest BCUT2D eigenvalue weighted by atomic mass is 9.62. The van der Waals surface area contributed by atoms with Crippen LogP contribution in [0.2, 0.25) is 0 Å². The highest BCUT2D eigenvalue weighted by Gasteiger charge is 2.31. The van der Waals surface area contributed by atoms with E-state index in [2.05, 4.69) is 0 Å². The Bertz CT molecular complexity index is 697. The van der Waals surface area contributed by atoms with E-state index in [-0.39, 0.29) is 19.7 Å². The maximum Gasteiger partial charge on any atom is 0.207 e. The molecule has 129 valence electrons. The Morgan fingerprint density at radius 3 is 0.708 bits per heavy atom. The van der Waals surface area contributed by atoms with Crippen LogP contribution in [-0.2, 0) is 0 Å². The Balaban J connectivity index is 0.00000288. The summed E-state index contributed by atoms with van der Waals surface area (Å²) in [6.07, 6.45) is 0. The molecule has 0 aliphatic carbocycles. The molecule has 2 aromatic carbocycles. The first-order valence-corrected chi connectivity index (χ1v) is 5.47. The highest BCUT2D eigenvalue weighted by atomic mass is 35.5. The SMILES string of the molecule is Cl.Fc1c(F)c(F)c([B]c2c(F)c(F)c(F)c(F)c2F)c(F)c1F. The van der Waals surface area contributed by atoms with Gasteiger partial charge in [0.2, 0.25) is 7.28 Å². The van der Waals surface area contributed by atoms with E-state index in [1.807, 2.05) is 0 Å². The van der Waals surface area contributed by atoms with Crippen LogP contribution in [-0.4, -0.2) is 7.28 Å². The van der Waals surface area contributed by atoms with Gasteiger partial charge in [-0.25, -0.2) is 43.9 Å². The van der Waals surface area contributed by atoms with Gasteiger partial charge in [0.1, 0.15) is 0 Å². The minimum atomic E-state index is -2.55. The fourth-order valence-electron chi connectivity index (χ4n) is 1.64. The third-order valence-corrected chi connectivity index (χ3v) is 2.78. The molecule has 0 fully saturated rings. The maximum absolute atomic E-state index is 13.4. The predicted molar refractivity (Wildman–Crippen MR) is 64.7 cm³/mol. The van der Waals surface area contributed by atoms with Crippen LogP contribution in [0.15, 0.2) is 0 Å². The van der Waals surface area contributed by atoms with Gasteiger partial charge in [-0.3, -0.25) is 0 Å². The minimum Gasteiger partial charge on any atom is -0.204 e. The summed E-state index contributed by atoms with van der Waals surface area (Å²) in [6, 6.07) is 0. The summed E-state index contributed by atoms with van der Waals surface area (Å²) >= 11 is 0. The molecule has 0 nitrogen and oxygen atoms in total. The zero-order valence-electron chi connectivity index (χ0n) is 10.8. The molecule has 0 aliphatic rings. The second-order valence-electron chi connectivity index (χ2n) is 4.11. The number of rotatable bonds is 2. The number of halogens is 11. The molecular formula is C12HBClF10. The van der Waals surface area contributed by atoms with Gasteiger partial charge in [-0.05, 0) is 10.9 Å². The van der Waals surface area contributed by atoms with Crippen molar-refractivity contribution in [2.45, 2.75) is 0 Å². The van der Waals surface area contributed by atoms with Gasteiger partial charge >= 0.3 is 0 Å². The van der Waals surface area contributed by atoms with Gasteiger partial charge in [0.05, 0.1) is 0 Å². The maximum atomic E-state index is 13.4. The standard InChI is InChI=1S/C12BF10.ClH/c14-3-1(4(15)8(19)11(22)7(3)18)13-2-5(16)9(20)12(23)10(21)6(2)17;/h;1H. The molecule has 12 heteroatoms. The van der Waals surface area contributed by atoms with Crippen molar-refractivity contribution in [3.63, 3.8) is 0 Å². The quantitative estimate of drug-likeness (QED) is 0.325. The van der Waals surface area contributed by atoms with Crippen molar-refractivity contribution < 1.29 is 43.9 Å². The van der Waals surface area contributed by atoms with Gasteiger partial charge in [-0.1, -0.05) is 0 Å². The van der Waals surface area contributed by atoms with Crippen LogP contribution in [0.5, 0.6) is 0 Å². The van der Waals surface area contributed by atoms with Gasteiger partial charge in [-0.15, -0.1) is 12.4 Å². The third kappa shape index (κ3) is 2.92. The summed E-state index contributed by atoms with van der Waals surface area (Å²) in [4.78, 5) is 0. The van der Waals surface area contributed by atoms with Crippen molar-refractivity contribution in [1.82, 2.24) is 0 Å². The van der Waals surface area contributed by atoms with Gasteiger partial charge < -0.3 is 0 Å². The molecular weight excluding hydrogens is 380 g/mol. The van der Waals surface area contributed by atoms with E-state index >= 15 is 0 Å². The molecule has 24 heavy (non-hydrogen) atoms. The number of hydrogen-bond acceptors (Lipinski definition) is 0. The Kier molecular flexibility index (Phi) is 5.80. The molecule has 0 aromatic heterocycles. The third-order valence-electron chi connectivity index (χ3n) is 2.78. The van der Waals surface area contributed by atoms with Crippen LogP contribution >= 0.6 is 12.4 Å². The Labute approximate surface area is 133 Å². The fourth-order valence-corrected chi connectivity index (χ4v) is 1.64. The number of hydrogen-bond donors (Lipinski definition) is 0. The predicted octanol–water partition coefficient (Wildman–Crippen LogP) is 3.15. The van der Waals surface area contributed by atoms with E-state index in [1.165, 1.54) is 0 Å². The van der Waals surface area contributed by atoms with Crippen molar-refractivity contribution in [1.29, 1.82) is 0 Å². The van der Waals surface area contributed by atoms with Crippen molar-refractivity contribution in [3.05, 3.63) is 58.2 Å². The lowest BCUT2D eigenvalue weighted by molar-refractivity contribution is 0.382. The zero-order chi connectivity index (χ0) is 17.6. The van der Waals surface area contributed by atoms with Crippen LogP contribution < -0.4 is 10.9 Å². The summed E-state index contributed by atoms with van der Waals surface area (Å²) in [6.45, 7) is 0. The first-order valence-electron chi connectivity index (χ1n) is 5.47. The van der Waals surface area contributed by atoms with E-state index in [4.69, 9.17) is 0 Å². The Hall–Kier alpha value is -1.91. The summed E-state index contributed by atoms with van der Waals surface area (Å²) < 4.78 is 131. The molecule has 0 saturated heterocycles. The summed E-state index contributed by atoms with van der Waals surface area (Å²) in [7, 11) is -0.369. The molecule has 0 saturated carbocycles. The molecule has 0 amide bonds. The normalized spacial score (nSPS) is 10.6. The fraction of sp³-hybridized carbons (Fsp3) is 0. The van der Waals surface area contributed by atoms with Crippen LogP contribution in [0.4, 0.5) is 43.9 Å². The first-order chi connectivity index (χ1) is 10.6. The lowest BCUT2D eigenvalue weighted by Crippen LogP contribution is -2.39. The highest BCUT2D eigenvalue weighted by Crippen LogP contribution is 2.18. The average Bonchev–Trinajstić information content (AvgIpc) is 2.54. The second kappa shape index (κ2) is 6.92. The van der Waals surface area contributed by atoms with Crippen LogP contribution in [0.1, 0.15) is 0 Å². The molecule has 0 unspecified atom stereocenters. The van der Waals surface area contributed by atoms with E-state index in [0.29, 0.717) is 0 Å². The van der Waals surface area contributed by atoms with Gasteiger partial charge in [0.15, 0.2) is 58.2 Å². The summed E-state index contributed by atoms with van der Waals surface area (Å²) in [5, 5.41) is 0. The lowest BCUT2D eigenvalue weighted by Gasteiger charge is -2.10. The smallest absolute Gasteiger partial charge is 0.204 e. The summed E-state index contributed by atoms with van der Waals surface area (Å²) in [5.74, 6) is -24.9. The largest absolute Gasteiger partial charge is 0.207 e. The van der Waals surface area contributed by atoms with Crippen LogP contribution in [0.3, 0.4) is 0 Å². The monoisotopic (exact) mass is 381 g/mol. The van der Waals surface area contributed by atoms with E-state index < -0.39 is 69.1 Å².